The fourth-order valence-corrected chi connectivity index (χ4v) is 2.93. The Labute approximate surface area is 152 Å². The first-order valence-corrected chi connectivity index (χ1v) is 8.55. The number of halogens is 1. The van der Waals surface area contributed by atoms with Gasteiger partial charge in [-0.05, 0) is 69.9 Å². The molecule has 0 fully saturated rings. The van der Waals surface area contributed by atoms with Crippen LogP contribution in [0.2, 0.25) is 5.02 Å². The summed E-state index contributed by atoms with van der Waals surface area (Å²) in [6, 6.07) is 12.6. The second-order valence-electron chi connectivity index (χ2n) is 6.36. The largest absolute Gasteiger partial charge is 0.461 e. The molecular formula is C20H21ClN2O2. The van der Waals surface area contributed by atoms with Gasteiger partial charge in [-0.25, -0.2) is 0 Å². The van der Waals surface area contributed by atoms with Gasteiger partial charge >= 0.3 is 0 Å². The summed E-state index contributed by atoms with van der Waals surface area (Å²) >= 11 is 5.87. The summed E-state index contributed by atoms with van der Waals surface area (Å²) in [5.41, 5.74) is 3.35. The molecule has 130 valence electrons. The number of fused-ring (bicyclic) bond motifs is 1. The van der Waals surface area contributed by atoms with E-state index in [1.807, 2.05) is 25.1 Å². The van der Waals surface area contributed by atoms with Crippen molar-refractivity contribution in [3.05, 3.63) is 64.4 Å². The van der Waals surface area contributed by atoms with E-state index in [1.165, 1.54) is 5.56 Å². The van der Waals surface area contributed by atoms with Crippen molar-refractivity contribution < 1.29 is 9.21 Å². The van der Waals surface area contributed by atoms with Gasteiger partial charge in [0.05, 0.1) is 0 Å². The second kappa shape index (κ2) is 7.30. The summed E-state index contributed by atoms with van der Waals surface area (Å²) in [7, 11) is 4.10. The van der Waals surface area contributed by atoms with Gasteiger partial charge in [0.2, 0.25) is 0 Å². The van der Waals surface area contributed by atoms with Gasteiger partial charge in [-0.3, -0.25) is 4.79 Å². The smallest absolute Gasteiger partial charge is 0.255 e. The molecular weight excluding hydrogens is 336 g/mol. The molecule has 0 aliphatic carbocycles. The van der Waals surface area contributed by atoms with Crippen molar-refractivity contribution in [3.8, 4) is 0 Å². The SMILES string of the molecule is Cc1oc2ccc(NC(=O)c3ccc(Cl)cc3)cc2c1CCN(C)C. The number of hydrogen-bond acceptors (Lipinski definition) is 3. The van der Waals surface area contributed by atoms with Gasteiger partial charge in [-0.1, -0.05) is 11.6 Å². The van der Waals surface area contributed by atoms with Crippen LogP contribution in [0.25, 0.3) is 11.0 Å². The van der Waals surface area contributed by atoms with E-state index in [1.54, 1.807) is 24.3 Å². The Morgan fingerprint density at radius 1 is 1.16 bits per heavy atom. The van der Waals surface area contributed by atoms with E-state index in [4.69, 9.17) is 16.0 Å². The summed E-state index contributed by atoms with van der Waals surface area (Å²) < 4.78 is 5.84. The topological polar surface area (TPSA) is 45.5 Å². The lowest BCUT2D eigenvalue weighted by Crippen LogP contribution is -2.15. The minimum atomic E-state index is -0.161. The number of carbonyl (C=O) groups excluding carboxylic acids is 1. The van der Waals surface area contributed by atoms with Crippen LogP contribution in [0.5, 0.6) is 0 Å². The van der Waals surface area contributed by atoms with Crippen LogP contribution in [0, 0.1) is 6.92 Å². The van der Waals surface area contributed by atoms with Crippen molar-refractivity contribution in [3.63, 3.8) is 0 Å². The third-order valence-corrected chi connectivity index (χ3v) is 4.42. The minimum absolute atomic E-state index is 0.161. The fraction of sp³-hybridized carbons (Fsp3) is 0.250. The average Bonchev–Trinajstić information content (AvgIpc) is 2.88. The van der Waals surface area contributed by atoms with Crippen LogP contribution in [0.1, 0.15) is 21.7 Å². The van der Waals surface area contributed by atoms with E-state index in [9.17, 15) is 4.79 Å². The van der Waals surface area contributed by atoms with E-state index in [2.05, 4.69) is 24.3 Å². The van der Waals surface area contributed by atoms with Crippen molar-refractivity contribution >= 4 is 34.2 Å². The average molecular weight is 357 g/mol. The zero-order valence-electron chi connectivity index (χ0n) is 14.6. The highest BCUT2D eigenvalue weighted by molar-refractivity contribution is 6.30. The molecule has 1 amide bonds. The molecule has 0 atom stereocenters. The molecule has 4 nitrogen and oxygen atoms in total. The Morgan fingerprint density at radius 2 is 1.88 bits per heavy atom. The zero-order chi connectivity index (χ0) is 18.0. The number of carbonyl (C=O) groups is 1. The molecule has 0 spiro atoms. The van der Waals surface area contributed by atoms with Crippen molar-refractivity contribution in [2.24, 2.45) is 0 Å². The molecule has 2 aromatic carbocycles. The van der Waals surface area contributed by atoms with Gasteiger partial charge in [0.25, 0.3) is 5.91 Å². The predicted molar refractivity (Wildman–Crippen MR) is 103 cm³/mol. The molecule has 0 aliphatic rings. The van der Waals surface area contributed by atoms with Gasteiger partial charge in [-0.2, -0.15) is 0 Å². The number of benzene rings is 2. The number of amides is 1. The summed E-state index contributed by atoms with van der Waals surface area (Å²) in [6.45, 7) is 2.92. The maximum Gasteiger partial charge on any atom is 0.255 e. The standard InChI is InChI=1S/C20H21ClN2O2/c1-13-17(10-11-23(2)3)18-12-16(8-9-19(18)25-13)22-20(24)14-4-6-15(21)7-5-14/h4-9,12H,10-11H2,1-3H3,(H,22,24). The van der Waals surface area contributed by atoms with Crippen LogP contribution in [0.3, 0.4) is 0 Å². The molecule has 0 bridgehead atoms. The zero-order valence-corrected chi connectivity index (χ0v) is 15.4. The van der Waals surface area contributed by atoms with E-state index < -0.39 is 0 Å². The van der Waals surface area contributed by atoms with Crippen molar-refractivity contribution in [2.75, 3.05) is 26.0 Å². The number of hydrogen-bond donors (Lipinski definition) is 1. The van der Waals surface area contributed by atoms with Crippen molar-refractivity contribution in [2.45, 2.75) is 13.3 Å². The first-order valence-electron chi connectivity index (χ1n) is 8.17. The summed E-state index contributed by atoms with van der Waals surface area (Å²) in [5.74, 6) is 0.768. The van der Waals surface area contributed by atoms with Crippen LogP contribution in [-0.2, 0) is 6.42 Å². The van der Waals surface area contributed by atoms with E-state index >= 15 is 0 Å². The lowest BCUT2D eigenvalue weighted by molar-refractivity contribution is 0.102. The first kappa shape index (κ1) is 17.5. The van der Waals surface area contributed by atoms with Crippen LogP contribution in [0.4, 0.5) is 5.69 Å². The summed E-state index contributed by atoms with van der Waals surface area (Å²) in [6.07, 6.45) is 0.903. The quantitative estimate of drug-likeness (QED) is 0.717. The molecule has 0 saturated carbocycles. The molecule has 0 radical (unpaired) electrons. The van der Waals surface area contributed by atoms with Crippen LogP contribution >= 0.6 is 11.6 Å². The Balaban J connectivity index is 1.85. The monoisotopic (exact) mass is 356 g/mol. The number of nitrogens with zero attached hydrogens (tertiary/aromatic N) is 1. The first-order chi connectivity index (χ1) is 11.9. The maximum absolute atomic E-state index is 12.4. The van der Waals surface area contributed by atoms with Gasteiger partial charge in [0.15, 0.2) is 0 Å². The highest BCUT2D eigenvalue weighted by Crippen LogP contribution is 2.29. The van der Waals surface area contributed by atoms with Crippen LogP contribution in [0.15, 0.2) is 46.9 Å². The highest BCUT2D eigenvalue weighted by Gasteiger charge is 2.13. The minimum Gasteiger partial charge on any atom is -0.461 e. The molecule has 25 heavy (non-hydrogen) atoms. The number of nitrogens with one attached hydrogen (secondary N) is 1. The Hall–Kier alpha value is -2.30. The normalized spacial score (nSPS) is 11.2. The number of likely N-dealkylation sites (N-methyl/N-ethyl adjacent to an activating group) is 1. The summed E-state index contributed by atoms with van der Waals surface area (Å²) in [5, 5.41) is 4.60. The lowest BCUT2D eigenvalue weighted by Gasteiger charge is -2.09. The van der Waals surface area contributed by atoms with E-state index in [0.717, 1.165) is 35.4 Å². The molecule has 0 aliphatic heterocycles. The Bertz CT molecular complexity index is 898. The Kier molecular flexibility index (Phi) is 5.11. The lowest BCUT2D eigenvalue weighted by atomic mass is 10.1. The van der Waals surface area contributed by atoms with Gasteiger partial charge < -0.3 is 14.6 Å². The molecule has 1 heterocycles. The number of furan rings is 1. The van der Waals surface area contributed by atoms with E-state index in [0.29, 0.717) is 10.6 Å². The van der Waals surface area contributed by atoms with Crippen LogP contribution < -0.4 is 5.32 Å². The molecule has 5 heteroatoms. The molecule has 0 unspecified atom stereocenters. The number of rotatable bonds is 5. The maximum atomic E-state index is 12.4. The third-order valence-electron chi connectivity index (χ3n) is 4.17. The molecule has 1 aromatic heterocycles. The van der Waals surface area contributed by atoms with Gasteiger partial charge in [0, 0.05) is 33.8 Å². The fourth-order valence-electron chi connectivity index (χ4n) is 2.80. The molecule has 3 rings (SSSR count). The number of anilines is 1. The predicted octanol–water partition coefficient (Wildman–Crippen LogP) is 4.75. The number of aryl methyl sites for hydroxylation is 1. The third kappa shape index (κ3) is 4.03. The van der Waals surface area contributed by atoms with Crippen molar-refractivity contribution in [1.29, 1.82) is 0 Å². The second-order valence-corrected chi connectivity index (χ2v) is 6.80. The van der Waals surface area contributed by atoms with Crippen molar-refractivity contribution in [1.82, 2.24) is 4.90 Å². The summed E-state index contributed by atoms with van der Waals surface area (Å²) in [4.78, 5) is 14.5. The van der Waals surface area contributed by atoms with E-state index in [-0.39, 0.29) is 5.91 Å². The molecule has 0 saturated heterocycles. The van der Waals surface area contributed by atoms with Gasteiger partial charge in [0.1, 0.15) is 11.3 Å². The van der Waals surface area contributed by atoms with Gasteiger partial charge in [-0.15, -0.1) is 0 Å². The highest BCUT2D eigenvalue weighted by atomic mass is 35.5. The Morgan fingerprint density at radius 3 is 2.56 bits per heavy atom. The van der Waals surface area contributed by atoms with Crippen LogP contribution in [-0.4, -0.2) is 31.4 Å². The molecule has 1 N–H and O–H groups in total. The molecule has 3 aromatic rings.